The first-order chi connectivity index (χ1) is 7.08. The highest BCUT2D eigenvalue weighted by Gasteiger charge is 2.08. The van der Waals surface area contributed by atoms with Crippen LogP contribution in [0.2, 0.25) is 0 Å². The molecule has 15 heavy (non-hydrogen) atoms. The van der Waals surface area contributed by atoms with Crippen molar-refractivity contribution in [1.82, 2.24) is 10.2 Å². The van der Waals surface area contributed by atoms with Crippen molar-refractivity contribution in [3.63, 3.8) is 0 Å². The Kier molecular flexibility index (Phi) is 2.40. The minimum absolute atomic E-state index is 0.226. The average Bonchev–Trinajstić information content (AvgIpc) is 2.58. The lowest BCUT2D eigenvalue weighted by molar-refractivity contribution is 0.471. The normalized spacial score (nSPS) is 10.5. The van der Waals surface area contributed by atoms with E-state index in [-0.39, 0.29) is 5.75 Å². The number of nitrogen functional groups attached to an aromatic ring is 1. The molecule has 0 saturated carbocycles. The van der Waals surface area contributed by atoms with Crippen LogP contribution in [0.15, 0.2) is 22.7 Å². The molecule has 5 heteroatoms. The molecule has 0 unspecified atom stereocenters. The highest BCUT2D eigenvalue weighted by atomic mass is 79.9. The fourth-order valence-electron chi connectivity index (χ4n) is 1.43. The number of hydrogen-bond donors (Lipinski definition) is 3. The quantitative estimate of drug-likeness (QED) is 0.743. The van der Waals surface area contributed by atoms with Gasteiger partial charge in [-0.2, -0.15) is 5.10 Å². The maximum atomic E-state index is 9.48. The van der Waals surface area contributed by atoms with Crippen molar-refractivity contribution in [3.8, 4) is 17.0 Å². The summed E-state index contributed by atoms with van der Waals surface area (Å²) in [4.78, 5) is 0. The van der Waals surface area contributed by atoms with Gasteiger partial charge >= 0.3 is 0 Å². The number of aryl methyl sites for hydroxylation is 1. The summed E-state index contributed by atoms with van der Waals surface area (Å²) in [5, 5.41) is 16.2. The van der Waals surface area contributed by atoms with Gasteiger partial charge in [-0.3, -0.25) is 5.10 Å². The molecular formula is C10H10BrN3O. The molecule has 4 N–H and O–H groups in total. The molecule has 0 spiro atoms. The van der Waals surface area contributed by atoms with Crippen LogP contribution >= 0.6 is 15.9 Å². The molecule has 78 valence electrons. The number of nitrogens with two attached hydrogens (primary N) is 1. The molecule has 2 rings (SSSR count). The molecule has 1 aromatic carbocycles. The summed E-state index contributed by atoms with van der Waals surface area (Å²) < 4.78 is 0.649. The summed E-state index contributed by atoms with van der Waals surface area (Å²) in [6, 6.07) is 5.28. The number of aromatic hydroxyl groups is 1. The highest BCUT2D eigenvalue weighted by Crippen LogP contribution is 2.32. The second kappa shape index (κ2) is 3.58. The fraction of sp³-hybridized carbons (Fsp3) is 0.100. The van der Waals surface area contributed by atoms with E-state index in [0.717, 1.165) is 16.8 Å². The van der Waals surface area contributed by atoms with Gasteiger partial charge in [0.2, 0.25) is 0 Å². The van der Waals surface area contributed by atoms with Crippen molar-refractivity contribution in [1.29, 1.82) is 0 Å². The van der Waals surface area contributed by atoms with E-state index in [0.29, 0.717) is 10.3 Å². The molecule has 0 aliphatic rings. The Hall–Kier alpha value is -1.49. The van der Waals surface area contributed by atoms with Crippen molar-refractivity contribution in [2.45, 2.75) is 6.92 Å². The van der Waals surface area contributed by atoms with Gasteiger partial charge in [0, 0.05) is 11.6 Å². The van der Waals surface area contributed by atoms with Crippen LogP contribution < -0.4 is 5.73 Å². The van der Waals surface area contributed by atoms with Crippen LogP contribution in [0.25, 0.3) is 11.3 Å². The number of halogens is 1. The first-order valence-corrected chi connectivity index (χ1v) is 5.17. The lowest BCUT2D eigenvalue weighted by Gasteiger charge is -2.05. The van der Waals surface area contributed by atoms with Gasteiger partial charge < -0.3 is 10.8 Å². The summed E-state index contributed by atoms with van der Waals surface area (Å²) in [5.74, 6) is 0.678. The number of aromatic nitrogens is 2. The van der Waals surface area contributed by atoms with E-state index < -0.39 is 0 Å². The number of anilines is 1. The molecule has 1 aromatic heterocycles. The van der Waals surface area contributed by atoms with E-state index >= 15 is 0 Å². The van der Waals surface area contributed by atoms with Gasteiger partial charge in [-0.25, -0.2) is 0 Å². The first kappa shape index (κ1) is 10.0. The molecule has 0 fully saturated rings. The molecule has 0 aliphatic heterocycles. The second-order valence-corrected chi connectivity index (χ2v) is 4.18. The minimum atomic E-state index is 0.226. The summed E-state index contributed by atoms with van der Waals surface area (Å²) in [6.45, 7) is 1.92. The standard InChI is InChI=1S/C10H10BrN3O/c1-5-2-9(15)7(11)3-6(5)8-4-10(12)14-13-8/h2-4,15H,1H3,(H3,12,13,14). The number of hydrogen-bond acceptors (Lipinski definition) is 3. The number of aromatic amines is 1. The van der Waals surface area contributed by atoms with Gasteiger partial charge in [-0.05, 0) is 40.5 Å². The zero-order chi connectivity index (χ0) is 11.0. The summed E-state index contributed by atoms with van der Waals surface area (Å²) >= 11 is 3.27. The van der Waals surface area contributed by atoms with Gasteiger partial charge in [0.05, 0.1) is 10.2 Å². The van der Waals surface area contributed by atoms with Gasteiger partial charge in [0.15, 0.2) is 0 Å². The van der Waals surface area contributed by atoms with E-state index in [1.54, 1.807) is 12.1 Å². The molecular weight excluding hydrogens is 258 g/mol. The Morgan fingerprint density at radius 2 is 2.13 bits per heavy atom. The predicted molar refractivity (Wildman–Crippen MR) is 62.5 cm³/mol. The maximum Gasteiger partial charge on any atom is 0.145 e. The van der Waals surface area contributed by atoms with Crippen LogP contribution in [-0.2, 0) is 0 Å². The Balaban J connectivity index is 2.58. The largest absolute Gasteiger partial charge is 0.507 e. The van der Waals surface area contributed by atoms with Crippen LogP contribution in [0.3, 0.4) is 0 Å². The lowest BCUT2D eigenvalue weighted by atomic mass is 10.1. The molecule has 0 radical (unpaired) electrons. The SMILES string of the molecule is Cc1cc(O)c(Br)cc1-c1cc(N)n[nH]1. The van der Waals surface area contributed by atoms with Gasteiger partial charge in [-0.1, -0.05) is 0 Å². The van der Waals surface area contributed by atoms with E-state index in [1.807, 2.05) is 13.0 Å². The third-order valence-corrected chi connectivity index (χ3v) is 2.82. The molecule has 1 heterocycles. The smallest absolute Gasteiger partial charge is 0.145 e. The second-order valence-electron chi connectivity index (χ2n) is 3.33. The number of phenols is 1. The topological polar surface area (TPSA) is 74.9 Å². The van der Waals surface area contributed by atoms with Crippen molar-refractivity contribution in [3.05, 3.63) is 28.2 Å². The van der Waals surface area contributed by atoms with Crippen molar-refractivity contribution in [2.24, 2.45) is 0 Å². The molecule has 0 amide bonds. The molecule has 4 nitrogen and oxygen atoms in total. The fourth-order valence-corrected chi connectivity index (χ4v) is 1.78. The lowest BCUT2D eigenvalue weighted by Crippen LogP contribution is -1.84. The molecule has 0 bridgehead atoms. The van der Waals surface area contributed by atoms with Crippen LogP contribution in [0.1, 0.15) is 5.56 Å². The van der Waals surface area contributed by atoms with Crippen molar-refractivity contribution < 1.29 is 5.11 Å². The Labute approximate surface area is 95.3 Å². The summed E-state index contributed by atoms with van der Waals surface area (Å²) in [6.07, 6.45) is 0. The van der Waals surface area contributed by atoms with E-state index in [2.05, 4.69) is 26.1 Å². The minimum Gasteiger partial charge on any atom is -0.507 e. The number of phenolic OH excluding ortho intramolecular Hbond substituents is 1. The number of nitrogens with zero attached hydrogens (tertiary/aromatic N) is 1. The van der Waals surface area contributed by atoms with Gasteiger partial charge in [-0.15, -0.1) is 0 Å². The maximum absolute atomic E-state index is 9.48. The van der Waals surface area contributed by atoms with Crippen LogP contribution in [0.5, 0.6) is 5.75 Å². The monoisotopic (exact) mass is 267 g/mol. The Morgan fingerprint density at radius 3 is 2.73 bits per heavy atom. The van der Waals surface area contributed by atoms with Crippen molar-refractivity contribution in [2.75, 3.05) is 5.73 Å². The van der Waals surface area contributed by atoms with Crippen LogP contribution in [-0.4, -0.2) is 15.3 Å². The van der Waals surface area contributed by atoms with Gasteiger partial charge in [0.25, 0.3) is 0 Å². The summed E-state index contributed by atoms with van der Waals surface area (Å²) in [5.41, 5.74) is 8.29. The third-order valence-electron chi connectivity index (χ3n) is 2.18. The van der Waals surface area contributed by atoms with Crippen LogP contribution in [0, 0.1) is 6.92 Å². The van der Waals surface area contributed by atoms with E-state index in [4.69, 9.17) is 5.73 Å². The first-order valence-electron chi connectivity index (χ1n) is 4.38. The Morgan fingerprint density at radius 1 is 1.40 bits per heavy atom. The average molecular weight is 268 g/mol. The highest BCUT2D eigenvalue weighted by molar-refractivity contribution is 9.10. The number of benzene rings is 1. The molecule has 0 saturated heterocycles. The predicted octanol–water partition coefficient (Wildman–Crippen LogP) is 2.44. The van der Waals surface area contributed by atoms with Gasteiger partial charge in [0.1, 0.15) is 11.6 Å². The third kappa shape index (κ3) is 1.83. The molecule has 0 aliphatic carbocycles. The molecule has 2 aromatic rings. The van der Waals surface area contributed by atoms with E-state index in [9.17, 15) is 5.11 Å². The van der Waals surface area contributed by atoms with Crippen molar-refractivity contribution >= 4 is 21.7 Å². The number of nitrogens with one attached hydrogen (secondary N) is 1. The number of H-pyrrole nitrogens is 1. The van der Waals surface area contributed by atoms with E-state index in [1.165, 1.54) is 0 Å². The molecule has 0 atom stereocenters. The number of rotatable bonds is 1. The zero-order valence-electron chi connectivity index (χ0n) is 8.08. The van der Waals surface area contributed by atoms with Crippen LogP contribution in [0.4, 0.5) is 5.82 Å². The zero-order valence-corrected chi connectivity index (χ0v) is 9.67. The summed E-state index contributed by atoms with van der Waals surface area (Å²) in [7, 11) is 0. The Bertz CT molecular complexity index is 507.